The Balaban J connectivity index is 1.37. The van der Waals surface area contributed by atoms with Gasteiger partial charge in [0.05, 0.1) is 0 Å². The number of anilines is 1. The first-order valence-corrected chi connectivity index (χ1v) is 11.0. The van der Waals surface area contributed by atoms with Gasteiger partial charge in [0, 0.05) is 56.7 Å². The summed E-state index contributed by atoms with van der Waals surface area (Å²) in [5.74, 6) is 0.813. The molecular weight excluding hydrogens is 401 g/mol. The van der Waals surface area contributed by atoms with E-state index in [2.05, 4.69) is 52.9 Å². The zero-order valence-electron chi connectivity index (χ0n) is 18.7. The molecule has 0 amide bonds. The van der Waals surface area contributed by atoms with Crippen LogP contribution in [0, 0.1) is 5.82 Å². The molecular formula is C27H30FN3O. The minimum absolute atomic E-state index is 0.317. The normalized spacial score (nSPS) is 16.5. The lowest BCUT2D eigenvalue weighted by Crippen LogP contribution is -2.48. The molecule has 1 aliphatic heterocycles. The molecule has 0 bridgehead atoms. The largest absolute Gasteiger partial charge is 0.457 e. The lowest BCUT2D eigenvalue weighted by Gasteiger charge is -2.32. The van der Waals surface area contributed by atoms with Crippen LogP contribution in [0.5, 0.6) is 11.5 Å². The van der Waals surface area contributed by atoms with Gasteiger partial charge in [0.1, 0.15) is 17.3 Å². The third-order valence-electron chi connectivity index (χ3n) is 5.81. The third-order valence-corrected chi connectivity index (χ3v) is 5.81. The fraction of sp³-hybridized carbons (Fsp3) is 0.259. The van der Waals surface area contributed by atoms with E-state index in [-0.39, 0.29) is 5.82 Å². The van der Waals surface area contributed by atoms with Crippen molar-refractivity contribution in [3.05, 3.63) is 96.3 Å². The van der Waals surface area contributed by atoms with E-state index in [4.69, 9.17) is 4.74 Å². The highest BCUT2D eigenvalue weighted by Gasteiger charge is 2.15. The van der Waals surface area contributed by atoms with Gasteiger partial charge < -0.3 is 15.0 Å². The SMILES string of the molecule is C=C(c1ccc(Oc2cccc(F)c2)cc1)N(C)c1ccc(CN2CCNC(C)C2)cc1. The van der Waals surface area contributed by atoms with Gasteiger partial charge in [-0.2, -0.15) is 0 Å². The summed E-state index contributed by atoms with van der Waals surface area (Å²) in [5, 5.41) is 3.49. The Morgan fingerprint density at radius 3 is 2.53 bits per heavy atom. The molecule has 5 heteroatoms. The molecule has 1 N–H and O–H groups in total. The first-order valence-electron chi connectivity index (χ1n) is 11.0. The summed E-state index contributed by atoms with van der Waals surface area (Å²) < 4.78 is 19.1. The number of nitrogens with zero attached hydrogens (tertiary/aromatic N) is 2. The van der Waals surface area contributed by atoms with E-state index in [1.54, 1.807) is 12.1 Å². The lowest BCUT2D eigenvalue weighted by molar-refractivity contribution is 0.199. The van der Waals surface area contributed by atoms with Crippen molar-refractivity contribution in [2.24, 2.45) is 0 Å². The maximum absolute atomic E-state index is 13.3. The summed E-state index contributed by atoms with van der Waals surface area (Å²) in [6, 6.07) is 23.0. The average Bonchev–Trinajstić information content (AvgIpc) is 2.79. The Kier molecular flexibility index (Phi) is 6.88. The minimum Gasteiger partial charge on any atom is -0.457 e. The Morgan fingerprint density at radius 2 is 1.84 bits per heavy atom. The summed E-state index contributed by atoms with van der Waals surface area (Å²) in [6.45, 7) is 10.7. The highest BCUT2D eigenvalue weighted by molar-refractivity contribution is 5.77. The zero-order valence-corrected chi connectivity index (χ0v) is 18.7. The number of piperazine rings is 1. The Hall–Kier alpha value is -3.15. The average molecular weight is 432 g/mol. The monoisotopic (exact) mass is 431 g/mol. The molecule has 3 aromatic carbocycles. The zero-order chi connectivity index (χ0) is 22.5. The number of rotatable bonds is 7. The van der Waals surface area contributed by atoms with E-state index in [0.29, 0.717) is 17.5 Å². The van der Waals surface area contributed by atoms with Crippen LogP contribution >= 0.6 is 0 Å². The van der Waals surface area contributed by atoms with E-state index in [9.17, 15) is 4.39 Å². The molecule has 4 nitrogen and oxygen atoms in total. The summed E-state index contributed by atoms with van der Waals surface area (Å²) in [6.07, 6.45) is 0. The second-order valence-corrected chi connectivity index (χ2v) is 8.35. The van der Waals surface area contributed by atoms with Gasteiger partial charge in [0.15, 0.2) is 0 Å². The summed E-state index contributed by atoms with van der Waals surface area (Å²) >= 11 is 0. The van der Waals surface area contributed by atoms with Gasteiger partial charge in [-0.05, 0) is 66.6 Å². The van der Waals surface area contributed by atoms with E-state index in [1.807, 2.05) is 31.3 Å². The molecule has 1 atom stereocenters. The predicted molar refractivity (Wildman–Crippen MR) is 130 cm³/mol. The topological polar surface area (TPSA) is 27.7 Å². The highest BCUT2D eigenvalue weighted by atomic mass is 19.1. The Labute approximate surface area is 189 Å². The van der Waals surface area contributed by atoms with Crippen LogP contribution in [0.4, 0.5) is 10.1 Å². The number of benzene rings is 3. The molecule has 1 saturated heterocycles. The van der Waals surface area contributed by atoms with Crippen LogP contribution in [0.15, 0.2) is 79.4 Å². The molecule has 0 saturated carbocycles. The molecule has 0 aliphatic carbocycles. The van der Waals surface area contributed by atoms with Crippen LogP contribution < -0.4 is 15.0 Å². The van der Waals surface area contributed by atoms with E-state index >= 15 is 0 Å². The Morgan fingerprint density at radius 1 is 1.09 bits per heavy atom. The standard InChI is InChI=1S/C27H30FN3O/c1-20-18-31(16-15-29-20)19-22-7-11-25(12-8-22)30(3)21(2)23-9-13-26(14-10-23)32-27-6-4-5-24(28)17-27/h4-14,17,20,29H,2,15-16,18-19H2,1,3H3. The van der Waals surface area contributed by atoms with Crippen LogP contribution in [-0.4, -0.2) is 37.6 Å². The molecule has 1 aliphatic rings. The first kappa shape index (κ1) is 22.1. The maximum Gasteiger partial charge on any atom is 0.130 e. The maximum atomic E-state index is 13.3. The molecule has 166 valence electrons. The van der Waals surface area contributed by atoms with Crippen LogP contribution in [0.25, 0.3) is 5.70 Å². The molecule has 1 unspecified atom stereocenters. The lowest BCUT2D eigenvalue weighted by atomic mass is 10.1. The molecule has 32 heavy (non-hydrogen) atoms. The summed E-state index contributed by atoms with van der Waals surface area (Å²) in [4.78, 5) is 4.57. The van der Waals surface area contributed by atoms with Crippen molar-refractivity contribution in [2.45, 2.75) is 19.5 Å². The van der Waals surface area contributed by atoms with Crippen molar-refractivity contribution < 1.29 is 9.13 Å². The van der Waals surface area contributed by atoms with Gasteiger partial charge in [-0.25, -0.2) is 4.39 Å². The molecule has 0 spiro atoms. The number of nitrogens with one attached hydrogen (secondary N) is 1. The van der Waals surface area contributed by atoms with E-state index in [1.165, 1.54) is 17.7 Å². The molecule has 0 radical (unpaired) electrons. The van der Waals surface area contributed by atoms with Crippen molar-refractivity contribution in [1.29, 1.82) is 0 Å². The number of ether oxygens (including phenoxy) is 1. The Bertz CT molecular complexity index is 1050. The molecule has 1 heterocycles. The first-order chi connectivity index (χ1) is 15.5. The van der Waals surface area contributed by atoms with Gasteiger partial charge >= 0.3 is 0 Å². The van der Waals surface area contributed by atoms with Gasteiger partial charge in [-0.1, -0.05) is 24.8 Å². The van der Waals surface area contributed by atoms with Crippen LogP contribution in [0.2, 0.25) is 0 Å². The van der Waals surface area contributed by atoms with Crippen molar-refractivity contribution in [3.63, 3.8) is 0 Å². The van der Waals surface area contributed by atoms with Gasteiger partial charge in [0.25, 0.3) is 0 Å². The van der Waals surface area contributed by atoms with Crippen molar-refractivity contribution >= 4 is 11.4 Å². The molecule has 0 aromatic heterocycles. The van der Waals surface area contributed by atoms with Gasteiger partial charge in [0.2, 0.25) is 0 Å². The van der Waals surface area contributed by atoms with Crippen molar-refractivity contribution in [2.75, 3.05) is 31.6 Å². The molecule has 1 fully saturated rings. The quantitative estimate of drug-likeness (QED) is 0.533. The van der Waals surface area contributed by atoms with Gasteiger partial charge in [-0.15, -0.1) is 0 Å². The second kappa shape index (κ2) is 9.98. The molecule has 4 rings (SSSR count). The van der Waals surface area contributed by atoms with Crippen molar-refractivity contribution in [3.8, 4) is 11.5 Å². The van der Waals surface area contributed by atoms with Crippen LogP contribution in [-0.2, 0) is 6.54 Å². The van der Waals surface area contributed by atoms with E-state index < -0.39 is 0 Å². The molecule has 3 aromatic rings. The summed E-state index contributed by atoms with van der Waals surface area (Å²) in [7, 11) is 2.02. The fourth-order valence-electron chi connectivity index (χ4n) is 3.97. The van der Waals surface area contributed by atoms with Crippen molar-refractivity contribution in [1.82, 2.24) is 10.2 Å². The van der Waals surface area contributed by atoms with Crippen LogP contribution in [0.1, 0.15) is 18.1 Å². The second-order valence-electron chi connectivity index (χ2n) is 8.35. The highest BCUT2D eigenvalue weighted by Crippen LogP contribution is 2.27. The number of hydrogen-bond acceptors (Lipinski definition) is 4. The van der Waals surface area contributed by atoms with Gasteiger partial charge in [-0.3, -0.25) is 4.90 Å². The van der Waals surface area contributed by atoms with Crippen LogP contribution in [0.3, 0.4) is 0 Å². The fourth-order valence-corrected chi connectivity index (χ4v) is 3.97. The van der Waals surface area contributed by atoms with E-state index in [0.717, 1.165) is 43.1 Å². The predicted octanol–water partition coefficient (Wildman–Crippen LogP) is 5.52. The smallest absolute Gasteiger partial charge is 0.130 e. The summed E-state index contributed by atoms with van der Waals surface area (Å²) in [5.41, 5.74) is 4.30. The number of halogens is 1. The number of hydrogen-bond donors (Lipinski definition) is 1. The third kappa shape index (κ3) is 5.55. The minimum atomic E-state index is -0.317.